The van der Waals surface area contributed by atoms with E-state index in [0.717, 1.165) is 11.4 Å². The number of rotatable bonds is 5. The lowest BCUT2D eigenvalue weighted by Gasteiger charge is -2.29. The number of benzene rings is 9. The number of para-hydroxylation sites is 1. The standard InChI is InChI=1S/C51H37N/c1-51(2)48-32-36(47-31-35-17-9-10-20-39(35)41-21-11-12-23-43(41)47)25-27-44(48)45-28-26-38(33-49(45)51)52(37-18-7-4-8-19-37)50-30-29-40(34-15-5-3-6-16-34)42-22-13-14-24-46(42)50/h3-33H,1-2H3. The average Bonchev–Trinajstić information content (AvgIpc) is 3.43. The highest BCUT2D eigenvalue weighted by molar-refractivity contribution is 6.14. The van der Waals surface area contributed by atoms with E-state index in [-0.39, 0.29) is 5.41 Å². The van der Waals surface area contributed by atoms with Gasteiger partial charge in [0.2, 0.25) is 0 Å². The van der Waals surface area contributed by atoms with Gasteiger partial charge in [-0.05, 0) is 114 Å². The summed E-state index contributed by atoms with van der Waals surface area (Å²) in [6.45, 7) is 4.78. The summed E-state index contributed by atoms with van der Waals surface area (Å²) in [4.78, 5) is 2.43. The Hall–Kier alpha value is -6.44. The van der Waals surface area contributed by atoms with Crippen LogP contribution in [-0.4, -0.2) is 0 Å². The maximum atomic E-state index is 2.45. The summed E-state index contributed by atoms with van der Waals surface area (Å²) in [5, 5.41) is 7.63. The highest BCUT2D eigenvalue weighted by Crippen LogP contribution is 2.52. The van der Waals surface area contributed by atoms with Crippen LogP contribution in [-0.2, 0) is 5.41 Å². The molecule has 9 aromatic rings. The molecule has 0 fully saturated rings. The van der Waals surface area contributed by atoms with E-state index in [1.54, 1.807) is 0 Å². The van der Waals surface area contributed by atoms with E-state index < -0.39 is 0 Å². The molecular formula is C51H37N. The fraction of sp³-hybridized carbons (Fsp3) is 0.0588. The van der Waals surface area contributed by atoms with Crippen molar-refractivity contribution >= 4 is 49.4 Å². The minimum Gasteiger partial charge on any atom is -0.310 e. The van der Waals surface area contributed by atoms with Crippen LogP contribution >= 0.6 is 0 Å². The van der Waals surface area contributed by atoms with Gasteiger partial charge in [-0.15, -0.1) is 0 Å². The highest BCUT2D eigenvalue weighted by atomic mass is 15.1. The van der Waals surface area contributed by atoms with E-state index in [1.807, 2.05) is 0 Å². The number of anilines is 3. The lowest BCUT2D eigenvalue weighted by molar-refractivity contribution is 0.660. The Morgan fingerprint density at radius 1 is 0.346 bits per heavy atom. The van der Waals surface area contributed by atoms with Gasteiger partial charge in [-0.2, -0.15) is 0 Å². The zero-order valence-electron chi connectivity index (χ0n) is 29.3. The summed E-state index contributed by atoms with van der Waals surface area (Å²) in [7, 11) is 0. The molecule has 10 rings (SSSR count). The van der Waals surface area contributed by atoms with E-state index >= 15 is 0 Å². The molecule has 0 bridgehead atoms. The van der Waals surface area contributed by atoms with Crippen LogP contribution in [0.4, 0.5) is 17.1 Å². The lowest BCUT2D eigenvalue weighted by atomic mass is 9.81. The van der Waals surface area contributed by atoms with Crippen molar-refractivity contribution in [2.45, 2.75) is 19.3 Å². The third-order valence-corrected chi connectivity index (χ3v) is 11.2. The van der Waals surface area contributed by atoms with E-state index in [0.29, 0.717) is 0 Å². The predicted octanol–water partition coefficient (Wildman–Crippen LogP) is 14.3. The Morgan fingerprint density at radius 2 is 0.904 bits per heavy atom. The van der Waals surface area contributed by atoms with Crippen molar-refractivity contribution in [3.05, 3.63) is 199 Å². The van der Waals surface area contributed by atoms with E-state index in [2.05, 4.69) is 207 Å². The van der Waals surface area contributed by atoms with Crippen molar-refractivity contribution in [3.63, 3.8) is 0 Å². The van der Waals surface area contributed by atoms with Crippen LogP contribution in [0.25, 0.3) is 65.7 Å². The van der Waals surface area contributed by atoms with Crippen LogP contribution < -0.4 is 4.90 Å². The van der Waals surface area contributed by atoms with Gasteiger partial charge in [0.15, 0.2) is 0 Å². The average molecular weight is 664 g/mol. The molecule has 1 nitrogen and oxygen atoms in total. The molecule has 1 aliphatic rings. The largest absolute Gasteiger partial charge is 0.310 e. The molecule has 0 amide bonds. The van der Waals surface area contributed by atoms with Gasteiger partial charge in [0.05, 0.1) is 5.69 Å². The van der Waals surface area contributed by atoms with Crippen LogP contribution in [0.15, 0.2) is 188 Å². The summed E-state index contributed by atoms with van der Waals surface area (Å²) >= 11 is 0. The van der Waals surface area contributed by atoms with Crippen LogP contribution in [0.3, 0.4) is 0 Å². The zero-order valence-corrected chi connectivity index (χ0v) is 29.3. The molecule has 1 aliphatic carbocycles. The van der Waals surface area contributed by atoms with Crippen LogP contribution in [0, 0.1) is 0 Å². The summed E-state index contributed by atoms with van der Waals surface area (Å²) in [6, 6.07) is 69.1. The smallest absolute Gasteiger partial charge is 0.0540 e. The van der Waals surface area contributed by atoms with E-state index in [1.165, 1.54) is 82.5 Å². The first-order valence-electron chi connectivity index (χ1n) is 18.2. The van der Waals surface area contributed by atoms with Gasteiger partial charge in [0.25, 0.3) is 0 Å². The molecule has 0 saturated carbocycles. The maximum Gasteiger partial charge on any atom is 0.0540 e. The molecule has 0 aliphatic heterocycles. The fourth-order valence-electron chi connectivity index (χ4n) is 8.68. The van der Waals surface area contributed by atoms with Gasteiger partial charge in [0.1, 0.15) is 0 Å². The molecular weight excluding hydrogens is 627 g/mol. The van der Waals surface area contributed by atoms with Crippen molar-refractivity contribution in [2.24, 2.45) is 0 Å². The molecule has 0 N–H and O–H groups in total. The second-order valence-electron chi connectivity index (χ2n) is 14.5. The summed E-state index contributed by atoms with van der Waals surface area (Å²) in [5.74, 6) is 0. The summed E-state index contributed by atoms with van der Waals surface area (Å²) in [5.41, 5.74) is 13.7. The van der Waals surface area contributed by atoms with Crippen molar-refractivity contribution in [2.75, 3.05) is 4.90 Å². The Morgan fingerprint density at radius 3 is 1.65 bits per heavy atom. The Bertz CT molecular complexity index is 2810. The quantitative estimate of drug-likeness (QED) is 0.166. The molecule has 0 heterocycles. The summed E-state index contributed by atoms with van der Waals surface area (Å²) < 4.78 is 0. The number of fused-ring (bicyclic) bond motifs is 7. The predicted molar refractivity (Wildman–Crippen MR) is 222 cm³/mol. The zero-order chi connectivity index (χ0) is 34.8. The maximum absolute atomic E-state index is 2.45. The van der Waals surface area contributed by atoms with Crippen LogP contribution in [0.2, 0.25) is 0 Å². The molecule has 9 aromatic carbocycles. The molecule has 0 saturated heterocycles. The van der Waals surface area contributed by atoms with Gasteiger partial charge in [-0.3, -0.25) is 0 Å². The molecule has 0 atom stereocenters. The van der Waals surface area contributed by atoms with E-state index in [4.69, 9.17) is 0 Å². The van der Waals surface area contributed by atoms with Gasteiger partial charge < -0.3 is 4.90 Å². The van der Waals surface area contributed by atoms with Gasteiger partial charge >= 0.3 is 0 Å². The minimum atomic E-state index is -0.190. The lowest BCUT2D eigenvalue weighted by Crippen LogP contribution is -2.17. The topological polar surface area (TPSA) is 3.24 Å². The van der Waals surface area contributed by atoms with Gasteiger partial charge in [0, 0.05) is 22.2 Å². The normalized spacial score (nSPS) is 13.0. The van der Waals surface area contributed by atoms with Gasteiger partial charge in [-0.1, -0.05) is 159 Å². The molecule has 1 heteroatoms. The van der Waals surface area contributed by atoms with E-state index in [9.17, 15) is 0 Å². The molecule has 0 aromatic heterocycles. The first kappa shape index (κ1) is 30.4. The molecule has 52 heavy (non-hydrogen) atoms. The first-order valence-corrected chi connectivity index (χ1v) is 18.2. The number of hydrogen-bond acceptors (Lipinski definition) is 1. The SMILES string of the molecule is CC1(C)c2cc(-c3cc4ccccc4c4ccccc34)ccc2-c2ccc(N(c3ccccc3)c3ccc(-c4ccccc4)c4ccccc34)cc21. The number of nitrogens with zero attached hydrogens (tertiary/aromatic N) is 1. The minimum absolute atomic E-state index is 0.190. The molecule has 0 radical (unpaired) electrons. The second-order valence-corrected chi connectivity index (χ2v) is 14.5. The van der Waals surface area contributed by atoms with Gasteiger partial charge in [-0.25, -0.2) is 0 Å². The Kier molecular flexibility index (Phi) is 6.91. The van der Waals surface area contributed by atoms with Crippen molar-refractivity contribution in [1.29, 1.82) is 0 Å². The van der Waals surface area contributed by atoms with Crippen molar-refractivity contribution in [1.82, 2.24) is 0 Å². The Balaban J connectivity index is 1.12. The first-order chi connectivity index (χ1) is 25.6. The molecule has 0 spiro atoms. The Labute approximate surface area is 305 Å². The summed E-state index contributed by atoms with van der Waals surface area (Å²) in [6.07, 6.45) is 0. The molecule has 0 unspecified atom stereocenters. The van der Waals surface area contributed by atoms with Crippen LogP contribution in [0.1, 0.15) is 25.0 Å². The molecule has 246 valence electrons. The fourth-order valence-corrected chi connectivity index (χ4v) is 8.68. The third kappa shape index (κ3) is 4.70. The number of hydrogen-bond donors (Lipinski definition) is 0. The van der Waals surface area contributed by atoms with Crippen LogP contribution in [0.5, 0.6) is 0 Å². The second kappa shape index (κ2) is 11.8. The third-order valence-electron chi connectivity index (χ3n) is 11.2. The van der Waals surface area contributed by atoms with Crippen molar-refractivity contribution < 1.29 is 0 Å². The highest BCUT2D eigenvalue weighted by Gasteiger charge is 2.36. The van der Waals surface area contributed by atoms with Crippen molar-refractivity contribution in [3.8, 4) is 33.4 Å². The monoisotopic (exact) mass is 663 g/mol.